The van der Waals surface area contributed by atoms with Crippen LogP contribution in [0.25, 0.3) is 10.9 Å². The van der Waals surface area contributed by atoms with Crippen LogP contribution in [0.3, 0.4) is 0 Å². The first-order valence-corrected chi connectivity index (χ1v) is 8.88. The molecule has 0 amide bonds. The highest BCUT2D eigenvalue weighted by Gasteiger charge is 2.18. The van der Waals surface area contributed by atoms with Crippen molar-refractivity contribution in [2.75, 3.05) is 6.61 Å². The van der Waals surface area contributed by atoms with Crippen LogP contribution in [0.1, 0.15) is 6.92 Å². The zero-order valence-electron chi connectivity index (χ0n) is 10.8. The van der Waals surface area contributed by atoms with E-state index in [1.807, 2.05) is 0 Å². The topological polar surface area (TPSA) is 56.3 Å². The molecule has 0 saturated heterocycles. The van der Waals surface area contributed by atoms with Gasteiger partial charge in [0.2, 0.25) is 0 Å². The van der Waals surface area contributed by atoms with Crippen molar-refractivity contribution in [3.63, 3.8) is 0 Å². The fourth-order valence-corrected chi connectivity index (χ4v) is 2.97. The van der Waals surface area contributed by atoms with E-state index in [2.05, 4.69) is 4.98 Å². The van der Waals surface area contributed by atoms with Crippen LogP contribution in [0.15, 0.2) is 40.3 Å². The predicted octanol–water partition coefficient (Wildman–Crippen LogP) is 4.34. The van der Waals surface area contributed by atoms with Crippen LogP contribution in [-0.2, 0) is 9.05 Å². The Morgan fingerprint density at radius 3 is 2.67 bits per heavy atom. The Labute approximate surface area is 136 Å². The van der Waals surface area contributed by atoms with Gasteiger partial charge in [-0.05, 0) is 36.8 Å². The average molecular weight is 367 g/mol. The van der Waals surface area contributed by atoms with Crippen molar-refractivity contribution in [1.29, 1.82) is 0 Å². The van der Waals surface area contributed by atoms with E-state index in [-0.39, 0.29) is 16.7 Å². The number of benzene rings is 1. The van der Waals surface area contributed by atoms with Gasteiger partial charge in [0.05, 0.1) is 4.90 Å². The fourth-order valence-electron chi connectivity index (χ4n) is 1.69. The summed E-state index contributed by atoms with van der Waals surface area (Å²) >= 11 is 11.4. The van der Waals surface area contributed by atoms with Gasteiger partial charge < -0.3 is 4.74 Å². The van der Waals surface area contributed by atoms with E-state index in [9.17, 15) is 8.42 Å². The first-order chi connectivity index (χ1) is 9.82. The van der Waals surface area contributed by atoms with Gasteiger partial charge in [-0.25, -0.2) is 13.4 Å². The molecule has 4 nitrogen and oxygen atoms in total. The third-order valence-corrected chi connectivity index (χ3v) is 4.61. The molecule has 0 atom stereocenters. The summed E-state index contributed by atoms with van der Waals surface area (Å²) < 4.78 is 28.8. The highest BCUT2D eigenvalue weighted by atomic mass is 35.7. The maximum atomic E-state index is 11.6. The summed E-state index contributed by atoms with van der Waals surface area (Å²) in [6.07, 6.45) is 0. The molecule has 0 fully saturated rings. The van der Waals surface area contributed by atoms with Gasteiger partial charge in [-0.15, -0.1) is 0 Å². The van der Waals surface area contributed by atoms with E-state index in [4.69, 9.17) is 38.6 Å². The smallest absolute Gasteiger partial charge is 0.261 e. The van der Waals surface area contributed by atoms with Gasteiger partial charge in [0.15, 0.2) is 0 Å². The number of nitrogens with zero attached hydrogens (tertiary/aromatic N) is 1. The van der Waals surface area contributed by atoms with Crippen LogP contribution in [-0.4, -0.2) is 20.0 Å². The molecular formula is C13H10Cl3NO3S. The Kier molecular flexibility index (Phi) is 4.99. The summed E-state index contributed by atoms with van der Waals surface area (Å²) in [6, 6.07) is 5.89. The minimum absolute atomic E-state index is 0.0414. The average Bonchev–Trinajstić information content (AvgIpc) is 2.42. The molecule has 0 spiro atoms. The molecule has 1 heterocycles. The number of hydrogen-bond donors (Lipinski definition) is 0. The van der Waals surface area contributed by atoms with Gasteiger partial charge in [-0.3, -0.25) is 0 Å². The van der Waals surface area contributed by atoms with Crippen LogP contribution >= 0.6 is 33.9 Å². The van der Waals surface area contributed by atoms with Gasteiger partial charge in [0.25, 0.3) is 9.05 Å². The number of hydrogen-bond acceptors (Lipinski definition) is 4. The third kappa shape index (κ3) is 3.80. The number of pyridine rings is 1. The summed E-state index contributed by atoms with van der Waals surface area (Å²) in [5, 5.41) is 0.570. The van der Waals surface area contributed by atoms with Crippen molar-refractivity contribution in [3.05, 3.63) is 40.5 Å². The van der Waals surface area contributed by atoms with Gasteiger partial charge in [-0.1, -0.05) is 23.2 Å². The summed E-state index contributed by atoms with van der Waals surface area (Å²) in [6.45, 7) is 2.05. The second kappa shape index (κ2) is 6.40. The molecule has 8 heteroatoms. The van der Waals surface area contributed by atoms with Gasteiger partial charge in [-0.2, -0.15) is 0 Å². The van der Waals surface area contributed by atoms with Crippen molar-refractivity contribution in [2.45, 2.75) is 11.8 Å². The fraction of sp³-hybridized carbons (Fsp3) is 0.154. The lowest BCUT2D eigenvalue weighted by Gasteiger charge is -2.11. The van der Waals surface area contributed by atoms with Crippen LogP contribution < -0.4 is 4.74 Å². The molecule has 2 aromatic rings. The van der Waals surface area contributed by atoms with E-state index in [0.29, 0.717) is 16.7 Å². The zero-order chi connectivity index (χ0) is 15.6. The van der Waals surface area contributed by atoms with E-state index < -0.39 is 9.05 Å². The molecule has 2 rings (SSSR count). The molecule has 0 aliphatic rings. The van der Waals surface area contributed by atoms with E-state index in [1.54, 1.807) is 6.92 Å². The molecule has 0 aliphatic carbocycles. The Balaban J connectivity index is 2.61. The molecular weight excluding hydrogens is 357 g/mol. The summed E-state index contributed by atoms with van der Waals surface area (Å²) in [7, 11) is 1.53. The molecule has 21 heavy (non-hydrogen) atoms. The number of fused-ring (bicyclic) bond motifs is 1. The van der Waals surface area contributed by atoms with Crippen LogP contribution in [0.4, 0.5) is 0 Å². The third-order valence-electron chi connectivity index (χ3n) is 2.65. The second-order valence-electron chi connectivity index (χ2n) is 4.27. The highest BCUT2D eigenvalue weighted by Crippen LogP contribution is 2.32. The van der Waals surface area contributed by atoms with Crippen molar-refractivity contribution >= 4 is 53.8 Å². The maximum absolute atomic E-state index is 11.6. The van der Waals surface area contributed by atoms with Gasteiger partial charge in [0.1, 0.15) is 23.0 Å². The van der Waals surface area contributed by atoms with Crippen LogP contribution in [0, 0.1) is 0 Å². The molecule has 112 valence electrons. The molecule has 1 aromatic heterocycles. The van der Waals surface area contributed by atoms with Crippen molar-refractivity contribution in [1.82, 2.24) is 4.98 Å². The van der Waals surface area contributed by atoms with Crippen LogP contribution in [0.2, 0.25) is 5.15 Å². The predicted molar refractivity (Wildman–Crippen MR) is 84.9 cm³/mol. The normalized spacial score (nSPS) is 12.7. The summed E-state index contributed by atoms with van der Waals surface area (Å²) in [4.78, 5) is 4.08. The van der Waals surface area contributed by atoms with Gasteiger partial charge in [0, 0.05) is 21.6 Å². The Bertz CT molecular complexity index is 819. The summed E-state index contributed by atoms with van der Waals surface area (Å²) in [5.74, 6) is 0.398. The number of ether oxygens (including phenoxy) is 1. The lowest BCUT2D eigenvalue weighted by molar-refractivity contribution is 0.356. The van der Waals surface area contributed by atoms with E-state index >= 15 is 0 Å². The molecule has 0 aliphatic heterocycles. The minimum atomic E-state index is -3.89. The SMILES string of the molecule is C/C(=C/Cl)COc1ccc(S(=O)(=O)Cl)c2ccc(Cl)nc12. The Morgan fingerprint density at radius 1 is 1.33 bits per heavy atom. The lowest BCUT2D eigenvalue weighted by Crippen LogP contribution is -2.01. The number of halogens is 3. The second-order valence-corrected chi connectivity index (χ2v) is 7.41. The van der Waals surface area contributed by atoms with Crippen molar-refractivity contribution in [2.24, 2.45) is 0 Å². The van der Waals surface area contributed by atoms with E-state index in [0.717, 1.165) is 5.57 Å². The Morgan fingerprint density at radius 2 is 2.05 bits per heavy atom. The quantitative estimate of drug-likeness (QED) is 0.597. The lowest BCUT2D eigenvalue weighted by atomic mass is 10.2. The molecule has 0 bridgehead atoms. The first-order valence-electron chi connectivity index (χ1n) is 5.75. The number of rotatable bonds is 4. The summed E-state index contributed by atoms with van der Waals surface area (Å²) in [5.41, 5.74) is 2.53. The standard InChI is InChI=1S/C13H10Cl3NO3S/c1-8(6-14)7-20-10-3-4-11(21(16,18)19)9-2-5-12(15)17-13(9)10/h2-6H,7H2,1H3/b8-6-. The molecule has 0 radical (unpaired) electrons. The van der Waals surface area contributed by atoms with E-state index in [1.165, 1.54) is 29.8 Å². The highest BCUT2D eigenvalue weighted by molar-refractivity contribution is 8.14. The first kappa shape index (κ1) is 16.4. The van der Waals surface area contributed by atoms with Crippen LogP contribution in [0.5, 0.6) is 5.75 Å². The minimum Gasteiger partial charge on any atom is -0.487 e. The maximum Gasteiger partial charge on any atom is 0.261 e. The zero-order valence-corrected chi connectivity index (χ0v) is 13.9. The Hall–Kier alpha value is -1.01. The molecule has 0 N–H and O–H groups in total. The molecule has 0 saturated carbocycles. The number of aromatic nitrogens is 1. The van der Waals surface area contributed by atoms with Crippen molar-refractivity contribution in [3.8, 4) is 5.75 Å². The van der Waals surface area contributed by atoms with Gasteiger partial charge >= 0.3 is 0 Å². The molecule has 1 aromatic carbocycles. The monoisotopic (exact) mass is 365 g/mol. The molecule has 0 unspecified atom stereocenters. The largest absolute Gasteiger partial charge is 0.487 e. The van der Waals surface area contributed by atoms with Crippen molar-refractivity contribution < 1.29 is 13.2 Å².